The summed E-state index contributed by atoms with van der Waals surface area (Å²) >= 11 is 0. The summed E-state index contributed by atoms with van der Waals surface area (Å²) in [6.07, 6.45) is 2.42. The first kappa shape index (κ1) is 14.3. The minimum Gasteiger partial charge on any atom is -0.392 e. The van der Waals surface area contributed by atoms with E-state index < -0.39 is 11.5 Å². The van der Waals surface area contributed by atoms with E-state index in [1.54, 1.807) is 4.90 Å². The van der Waals surface area contributed by atoms with Crippen LogP contribution < -0.4 is 11.1 Å². The molecule has 2 heterocycles. The van der Waals surface area contributed by atoms with Crippen LogP contribution in [0.15, 0.2) is 0 Å². The third kappa shape index (κ3) is 2.74. The molecule has 108 valence electrons. The van der Waals surface area contributed by atoms with Crippen LogP contribution in [0, 0.1) is 5.41 Å². The zero-order valence-electron chi connectivity index (χ0n) is 11.2. The molecule has 0 aliphatic carbocycles. The maximum atomic E-state index is 12.1. The Morgan fingerprint density at radius 3 is 3.05 bits per heavy atom. The minimum atomic E-state index is -0.797. The molecule has 0 bridgehead atoms. The van der Waals surface area contributed by atoms with Gasteiger partial charge in [-0.1, -0.05) is 0 Å². The molecule has 2 aliphatic rings. The van der Waals surface area contributed by atoms with Crippen molar-refractivity contribution in [3.05, 3.63) is 0 Å². The Hall–Kier alpha value is -1.14. The van der Waals surface area contributed by atoms with Gasteiger partial charge in [0.1, 0.15) is 0 Å². The Balaban J connectivity index is 2.07. The van der Waals surface area contributed by atoms with Crippen LogP contribution >= 0.6 is 0 Å². The monoisotopic (exact) mass is 269 g/mol. The molecule has 2 rings (SSSR count). The highest BCUT2D eigenvalue weighted by Gasteiger charge is 2.50. The third-order valence-corrected chi connectivity index (χ3v) is 4.27. The summed E-state index contributed by atoms with van der Waals surface area (Å²) in [7, 11) is 0. The first-order chi connectivity index (χ1) is 9.10. The van der Waals surface area contributed by atoms with Gasteiger partial charge in [-0.3, -0.25) is 9.59 Å². The summed E-state index contributed by atoms with van der Waals surface area (Å²) in [5.41, 5.74) is 4.62. The summed E-state index contributed by atoms with van der Waals surface area (Å²) in [5, 5.41) is 13.0. The number of nitrogens with zero attached hydrogens (tertiary/aromatic N) is 1. The normalized spacial score (nSPS) is 31.4. The van der Waals surface area contributed by atoms with Crippen molar-refractivity contribution in [3.8, 4) is 0 Å². The van der Waals surface area contributed by atoms with E-state index >= 15 is 0 Å². The fraction of sp³-hybridized carbons (Fsp3) is 0.846. The summed E-state index contributed by atoms with van der Waals surface area (Å²) < 4.78 is 0. The number of carbonyl (C=O) groups excluding carboxylic acids is 2. The van der Waals surface area contributed by atoms with Gasteiger partial charge in [0.25, 0.3) is 0 Å². The zero-order valence-corrected chi connectivity index (χ0v) is 11.2. The standard InChI is InChI=1S/C13H23N3O3/c14-6-1-3-11(18)16-8-4-10(17)13(9-16)5-2-7-15-12(13)19/h10,17H,1-9,14H2,(H,15,19)/t10-,13+/m0/s1. The van der Waals surface area contributed by atoms with Gasteiger partial charge in [0.15, 0.2) is 0 Å². The van der Waals surface area contributed by atoms with Gasteiger partial charge in [0, 0.05) is 26.1 Å². The summed E-state index contributed by atoms with van der Waals surface area (Å²) in [6, 6.07) is 0. The molecule has 2 saturated heterocycles. The van der Waals surface area contributed by atoms with Crippen molar-refractivity contribution in [2.24, 2.45) is 11.1 Å². The second-order valence-electron chi connectivity index (χ2n) is 5.53. The van der Waals surface area contributed by atoms with Crippen LogP contribution in [0.5, 0.6) is 0 Å². The van der Waals surface area contributed by atoms with E-state index in [1.807, 2.05) is 0 Å². The number of aliphatic hydroxyl groups excluding tert-OH is 1. The number of hydrogen-bond donors (Lipinski definition) is 3. The van der Waals surface area contributed by atoms with Crippen LogP contribution in [0.2, 0.25) is 0 Å². The smallest absolute Gasteiger partial charge is 0.230 e. The predicted octanol–water partition coefficient (Wildman–Crippen LogP) is -0.785. The molecule has 2 fully saturated rings. The molecule has 6 heteroatoms. The minimum absolute atomic E-state index is 0.0371. The Morgan fingerprint density at radius 2 is 2.37 bits per heavy atom. The molecule has 19 heavy (non-hydrogen) atoms. The van der Waals surface area contributed by atoms with Crippen LogP contribution in [0.25, 0.3) is 0 Å². The number of carbonyl (C=O) groups is 2. The van der Waals surface area contributed by atoms with Crippen molar-refractivity contribution in [1.82, 2.24) is 10.2 Å². The van der Waals surface area contributed by atoms with E-state index in [-0.39, 0.29) is 11.8 Å². The van der Waals surface area contributed by atoms with Gasteiger partial charge in [-0.05, 0) is 32.2 Å². The molecule has 0 aromatic carbocycles. The van der Waals surface area contributed by atoms with E-state index in [0.717, 1.165) is 6.42 Å². The van der Waals surface area contributed by atoms with E-state index in [9.17, 15) is 14.7 Å². The second kappa shape index (κ2) is 5.88. The molecule has 2 atom stereocenters. The zero-order chi connectivity index (χ0) is 13.9. The predicted molar refractivity (Wildman–Crippen MR) is 70.2 cm³/mol. The van der Waals surface area contributed by atoms with Crippen molar-refractivity contribution in [3.63, 3.8) is 0 Å². The summed E-state index contributed by atoms with van der Waals surface area (Å²) in [6.45, 7) is 2.02. The van der Waals surface area contributed by atoms with Crippen molar-refractivity contribution in [2.45, 2.75) is 38.2 Å². The van der Waals surface area contributed by atoms with Gasteiger partial charge < -0.3 is 21.1 Å². The molecule has 2 aliphatic heterocycles. The van der Waals surface area contributed by atoms with Crippen LogP contribution in [-0.2, 0) is 9.59 Å². The fourth-order valence-electron chi connectivity index (χ4n) is 3.07. The molecule has 0 saturated carbocycles. The lowest BCUT2D eigenvalue weighted by Crippen LogP contribution is -2.62. The molecule has 0 aromatic rings. The lowest BCUT2D eigenvalue weighted by molar-refractivity contribution is -0.154. The quantitative estimate of drug-likeness (QED) is 0.626. The highest BCUT2D eigenvalue weighted by molar-refractivity contribution is 5.86. The maximum Gasteiger partial charge on any atom is 0.230 e. The van der Waals surface area contributed by atoms with Crippen molar-refractivity contribution >= 4 is 11.8 Å². The Kier molecular flexibility index (Phi) is 4.42. The average molecular weight is 269 g/mol. The van der Waals surface area contributed by atoms with Crippen molar-refractivity contribution in [2.75, 3.05) is 26.2 Å². The first-order valence-corrected chi connectivity index (χ1v) is 7.04. The fourth-order valence-corrected chi connectivity index (χ4v) is 3.07. The van der Waals surface area contributed by atoms with Gasteiger partial charge in [0.2, 0.25) is 11.8 Å². The van der Waals surface area contributed by atoms with Gasteiger partial charge in [-0.25, -0.2) is 0 Å². The van der Waals surface area contributed by atoms with E-state index in [0.29, 0.717) is 51.9 Å². The van der Waals surface area contributed by atoms with Gasteiger partial charge in [0.05, 0.1) is 11.5 Å². The van der Waals surface area contributed by atoms with Gasteiger partial charge >= 0.3 is 0 Å². The molecular formula is C13H23N3O3. The van der Waals surface area contributed by atoms with Crippen LogP contribution in [0.4, 0.5) is 0 Å². The number of aliphatic hydroxyl groups is 1. The lowest BCUT2D eigenvalue weighted by atomic mass is 9.71. The Labute approximate surface area is 113 Å². The molecule has 4 N–H and O–H groups in total. The number of nitrogens with one attached hydrogen (secondary N) is 1. The molecule has 1 spiro atoms. The van der Waals surface area contributed by atoms with Crippen LogP contribution in [0.1, 0.15) is 32.1 Å². The molecule has 2 amide bonds. The van der Waals surface area contributed by atoms with Crippen LogP contribution in [0.3, 0.4) is 0 Å². The largest absolute Gasteiger partial charge is 0.392 e. The van der Waals surface area contributed by atoms with E-state index in [2.05, 4.69) is 5.32 Å². The second-order valence-corrected chi connectivity index (χ2v) is 5.53. The summed E-state index contributed by atoms with van der Waals surface area (Å²) in [5.74, 6) is -0.0716. The number of nitrogens with two attached hydrogens (primary N) is 1. The van der Waals surface area contributed by atoms with Crippen molar-refractivity contribution in [1.29, 1.82) is 0 Å². The first-order valence-electron chi connectivity index (χ1n) is 7.04. The summed E-state index contributed by atoms with van der Waals surface area (Å²) in [4.78, 5) is 25.9. The van der Waals surface area contributed by atoms with E-state index in [1.165, 1.54) is 0 Å². The number of likely N-dealkylation sites (tertiary alicyclic amines) is 1. The van der Waals surface area contributed by atoms with Crippen LogP contribution in [-0.4, -0.2) is 54.1 Å². The van der Waals surface area contributed by atoms with Gasteiger partial charge in [-0.15, -0.1) is 0 Å². The highest BCUT2D eigenvalue weighted by atomic mass is 16.3. The SMILES string of the molecule is NCCCC(=O)N1CC[C@H](O)[C@@]2(CCCNC2=O)C1. The average Bonchev–Trinajstić information content (AvgIpc) is 2.42. The Morgan fingerprint density at radius 1 is 1.58 bits per heavy atom. The lowest BCUT2D eigenvalue weighted by Gasteiger charge is -2.46. The number of hydrogen-bond acceptors (Lipinski definition) is 4. The molecule has 0 radical (unpaired) electrons. The highest BCUT2D eigenvalue weighted by Crippen LogP contribution is 2.37. The Bertz CT molecular complexity index is 361. The topological polar surface area (TPSA) is 95.7 Å². The number of rotatable bonds is 3. The molecule has 6 nitrogen and oxygen atoms in total. The number of piperidine rings is 2. The maximum absolute atomic E-state index is 12.1. The van der Waals surface area contributed by atoms with Crippen molar-refractivity contribution < 1.29 is 14.7 Å². The van der Waals surface area contributed by atoms with Gasteiger partial charge in [-0.2, -0.15) is 0 Å². The molecular weight excluding hydrogens is 246 g/mol. The number of amides is 2. The molecule has 0 unspecified atom stereocenters. The molecule has 0 aromatic heterocycles. The third-order valence-electron chi connectivity index (χ3n) is 4.27. The van der Waals surface area contributed by atoms with E-state index in [4.69, 9.17) is 5.73 Å².